The van der Waals surface area contributed by atoms with Crippen molar-refractivity contribution in [3.63, 3.8) is 0 Å². The van der Waals surface area contributed by atoms with Gasteiger partial charge >= 0.3 is 0 Å². The summed E-state index contributed by atoms with van der Waals surface area (Å²) in [6, 6.07) is 10.5. The number of benzene rings is 1. The van der Waals surface area contributed by atoms with E-state index in [1.54, 1.807) is 0 Å². The van der Waals surface area contributed by atoms with Gasteiger partial charge in [0.25, 0.3) is 0 Å². The third-order valence-corrected chi connectivity index (χ3v) is 2.97. The van der Waals surface area contributed by atoms with Gasteiger partial charge in [-0.15, -0.1) is 0 Å². The van der Waals surface area contributed by atoms with Gasteiger partial charge in [-0.1, -0.05) is 62.2 Å². The van der Waals surface area contributed by atoms with Crippen LogP contribution in [0, 0.1) is 0 Å². The summed E-state index contributed by atoms with van der Waals surface area (Å²) in [7, 11) is 0. The second kappa shape index (κ2) is 4.94. The number of rotatable bonds is 3. The number of hydrogen-bond acceptors (Lipinski definition) is 0. The van der Waals surface area contributed by atoms with E-state index >= 15 is 0 Å². The summed E-state index contributed by atoms with van der Waals surface area (Å²) in [6.45, 7) is 0. The van der Waals surface area contributed by atoms with Crippen LogP contribution in [0.25, 0.3) is 0 Å². The van der Waals surface area contributed by atoms with Crippen molar-refractivity contribution in [1.82, 2.24) is 0 Å². The maximum atomic E-state index is 3.62. The third-order valence-electron chi connectivity index (χ3n) is 1.52. The fourth-order valence-corrected chi connectivity index (χ4v) is 2.53. The van der Waals surface area contributed by atoms with Crippen molar-refractivity contribution < 1.29 is 0 Å². The molecule has 0 amide bonds. The zero-order valence-electron chi connectivity index (χ0n) is 6.13. The molecule has 2 heteroatoms. The van der Waals surface area contributed by atoms with Crippen molar-refractivity contribution in [3.8, 4) is 0 Å². The minimum absolute atomic E-state index is 0.489. The average molecular weight is 278 g/mol. The van der Waals surface area contributed by atoms with E-state index in [1.807, 2.05) is 6.07 Å². The average Bonchev–Trinajstić information content (AvgIpc) is 2.07. The molecule has 1 aromatic rings. The van der Waals surface area contributed by atoms with Crippen molar-refractivity contribution >= 4 is 31.9 Å². The van der Waals surface area contributed by atoms with Crippen molar-refractivity contribution in [3.05, 3.63) is 35.9 Å². The van der Waals surface area contributed by atoms with Crippen molar-refractivity contribution in [2.45, 2.75) is 11.2 Å². The summed E-state index contributed by atoms with van der Waals surface area (Å²) in [5, 5.41) is 1.04. The monoisotopic (exact) mass is 276 g/mol. The SMILES string of the molecule is BrCCC(Br)c1ccccc1. The molecule has 0 radical (unpaired) electrons. The van der Waals surface area contributed by atoms with Crippen LogP contribution in [0.1, 0.15) is 16.8 Å². The quantitative estimate of drug-likeness (QED) is 0.735. The van der Waals surface area contributed by atoms with Crippen LogP contribution in [-0.4, -0.2) is 5.33 Å². The van der Waals surface area contributed by atoms with E-state index in [-0.39, 0.29) is 0 Å². The molecule has 0 saturated heterocycles. The van der Waals surface area contributed by atoms with E-state index in [0.29, 0.717) is 4.83 Å². The number of hydrogen-bond donors (Lipinski definition) is 0. The van der Waals surface area contributed by atoms with E-state index < -0.39 is 0 Å². The van der Waals surface area contributed by atoms with Crippen LogP contribution in [0.15, 0.2) is 30.3 Å². The highest BCUT2D eigenvalue weighted by molar-refractivity contribution is 9.09. The van der Waals surface area contributed by atoms with Crippen LogP contribution >= 0.6 is 31.9 Å². The summed E-state index contributed by atoms with van der Waals surface area (Å²) in [5.41, 5.74) is 1.35. The Morgan fingerprint density at radius 1 is 1.18 bits per heavy atom. The molecule has 0 bridgehead atoms. The van der Waals surface area contributed by atoms with Gasteiger partial charge in [-0.05, 0) is 12.0 Å². The molecule has 0 aliphatic heterocycles. The van der Waals surface area contributed by atoms with Crippen LogP contribution in [0.5, 0.6) is 0 Å². The summed E-state index contributed by atoms with van der Waals surface area (Å²) in [6.07, 6.45) is 1.13. The first-order valence-electron chi connectivity index (χ1n) is 3.59. The Morgan fingerprint density at radius 2 is 1.82 bits per heavy atom. The largest absolute Gasteiger partial charge is 0.0928 e. The molecule has 0 spiro atoms. The summed E-state index contributed by atoms with van der Waals surface area (Å²) in [4.78, 5) is 0.489. The maximum absolute atomic E-state index is 3.62. The van der Waals surface area contributed by atoms with Crippen molar-refractivity contribution in [2.24, 2.45) is 0 Å². The zero-order chi connectivity index (χ0) is 8.10. The van der Waals surface area contributed by atoms with Crippen LogP contribution in [0.4, 0.5) is 0 Å². The lowest BCUT2D eigenvalue weighted by Gasteiger charge is -2.06. The third kappa shape index (κ3) is 2.96. The van der Waals surface area contributed by atoms with Crippen LogP contribution in [0.2, 0.25) is 0 Å². The smallest absolute Gasteiger partial charge is 0.0403 e. The van der Waals surface area contributed by atoms with Crippen molar-refractivity contribution in [2.75, 3.05) is 5.33 Å². The van der Waals surface area contributed by atoms with Crippen molar-refractivity contribution in [1.29, 1.82) is 0 Å². The molecule has 0 aromatic heterocycles. The van der Waals surface area contributed by atoms with Crippen LogP contribution in [0.3, 0.4) is 0 Å². The minimum Gasteiger partial charge on any atom is -0.0928 e. The van der Waals surface area contributed by atoms with Gasteiger partial charge in [-0.3, -0.25) is 0 Å². The van der Waals surface area contributed by atoms with Gasteiger partial charge in [0.2, 0.25) is 0 Å². The second-order valence-corrected chi connectivity index (χ2v) is 4.25. The van der Waals surface area contributed by atoms with Gasteiger partial charge in [0.1, 0.15) is 0 Å². The molecule has 0 fully saturated rings. The van der Waals surface area contributed by atoms with Gasteiger partial charge in [-0.2, -0.15) is 0 Å². The summed E-state index contributed by atoms with van der Waals surface area (Å²) >= 11 is 7.03. The highest BCUT2D eigenvalue weighted by Crippen LogP contribution is 2.26. The molecule has 0 N–H and O–H groups in total. The van der Waals surface area contributed by atoms with E-state index in [9.17, 15) is 0 Å². The topological polar surface area (TPSA) is 0 Å². The first-order valence-corrected chi connectivity index (χ1v) is 5.63. The fourth-order valence-electron chi connectivity index (χ4n) is 0.924. The molecule has 60 valence electrons. The summed E-state index contributed by atoms with van der Waals surface area (Å²) in [5.74, 6) is 0. The maximum Gasteiger partial charge on any atom is 0.0403 e. The van der Waals surface area contributed by atoms with Crippen LogP contribution < -0.4 is 0 Å². The van der Waals surface area contributed by atoms with E-state index in [1.165, 1.54) is 5.56 Å². The van der Waals surface area contributed by atoms with Gasteiger partial charge in [0.05, 0.1) is 0 Å². The molecule has 0 heterocycles. The Kier molecular flexibility index (Phi) is 4.16. The summed E-state index contributed by atoms with van der Waals surface area (Å²) < 4.78 is 0. The molecule has 0 saturated carbocycles. The number of alkyl halides is 2. The first kappa shape index (κ1) is 9.27. The van der Waals surface area contributed by atoms with E-state index in [2.05, 4.69) is 56.1 Å². The highest BCUT2D eigenvalue weighted by atomic mass is 79.9. The molecule has 0 aliphatic rings. The Balaban J connectivity index is 2.61. The molecule has 1 rings (SSSR count). The second-order valence-electron chi connectivity index (χ2n) is 2.36. The molecule has 1 atom stereocenters. The highest BCUT2D eigenvalue weighted by Gasteiger charge is 2.03. The first-order chi connectivity index (χ1) is 5.34. The lowest BCUT2D eigenvalue weighted by molar-refractivity contribution is 0.928. The van der Waals surface area contributed by atoms with Gasteiger partial charge < -0.3 is 0 Å². The minimum atomic E-state index is 0.489. The Bertz CT molecular complexity index is 196. The number of halogens is 2. The zero-order valence-corrected chi connectivity index (χ0v) is 9.31. The lowest BCUT2D eigenvalue weighted by Crippen LogP contribution is -1.89. The molecule has 0 nitrogen and oxygen atoms in total. The predicted molar refractivity (Wildman–Crippen MR) is 56.5 cm³/mol. The molecule has 1 aromatic carbocycles. The Labute approximate surface area is 84.3 Å². The van der Waals surface area contributed by atoms with Gasteiger partial charge in [0, 0.05) is 10.2 Å². The lowest BCUT2D eigenvalue weighted by atomic mass is 10.1. The van der Waals surface area contributed by atoms with E-state index in [0.717, 1.165) is 11.8 Å². The molecule has 1 unspecified atom stereocenters. The van der Waals surface area contributed by atoms with Crippen LogP contribution in [-0.2, 0) is 0 Å². The Morgan fingerprint density at radius 3 is 2.36 bits per heavy atom. The Hall–Kier alpha value is 0.180. The standard InChI is InChI=1S/C9H10Br2/c10-7-6-9(11)8-4-2-1-3-5-8/h1-5,9H,6-7H2. The molecular weight excluding hydrogens is 268 g/mol. The molecular formula is C9H10Br2. The molecule has 11 heavy (non-hydrogen) atoms. The normalized spacial score (nSPS) is 12.9. The van der Waals surface area contributed by atoms with Gasteiger partial charge in [-0.25, -0.2) is 0 Å². The predicted octanol–water partition coefficient (Wildman–Crippen LogP) is 3.91. The molecule has 0 aliphatic carbocycles. The fraction of sp³-hybridized carbons (Fsp3) is 0.333. The van der Waals surface area contributed by atoms with E-state index in [4.69, 9.17) is 0 Å². The van der Waals surface area contributed by atoms with Gasteiger partial charge in [0.15, 0.2) is 0 Å².